The van der Waals surface area contributed by atoms with Gasteiger partial charge in [-0.2, -0.15) is 0 Å². The summed E-state index contributed by atoms with van der Waals surface area (Å²) >= 11 is 18.6. The number of sulfonamides is 1. The first-order chi connectivity index (χ1) is 19.9. The zero-order valence-corrected chi connectivity index (χ0v) is 27.2. The van der Waals surface area contributed by atoms with E-state index in [2.05, 4.69) is 5.32 Å². The number of halogens is 3. The Morgan fingerprint density at radius 1 is 0.881 bits per heavy atom. The van der Waals surface area contributed by atoms with E-state index in [-0.39, 0.29) is 17.3 Å². The summed E-state index contributed by atoms with van der Waals surface area (Å²) in [5, 5.41) is 4.06. The van der Waals surface area contributed by atoms with Crippen LogP contribution in [0.1, 0.15) is 49.8 Å². The van der Waals surface area contributed by atoms with E-state index in [9.17, 15) is 18.0 Å². The topological polar surface area (TPSA) is 86.8 Å². The van der Waals surface area contributed by atoms with Gasteiger partial charge in [-0.25, -0.2) is 8.42 Å². The lowest BCUT2D eigenvalue weighted by atomic mass is 10.1. The number of unbranched alkanes of at least 4 members (excludes halogenated alkanes) is 1. The lowest BCUT2D eigenvalue weighted by Gasteiger charge is -2.33. The highest BCUT2D eigenvalue weighted by molar-refractivity contribution is 7.92. The highest BCUT2D eigenvalue weighted by Crippen LogP contribution is 2.28. The van der Waals surface area contributed by atoms with E-state index in [0.717, 1.165) is 28.3 Å². The van der Waals surface area contributed by atoms with Crippen LogP contribution in [0.5, 0.6) is 0 Å². The molecule has 42 heavy (non-hydrogen) atoms. The normalized spacial score (nSPS) is 12.1. The molecule has 0 aliphatic heterocycles. The second-order valence-electron chi connectivity index (χ2n) is 10.1. The molecule has 0 spiro atoms. The van der Waals surface area contributed by atoms with Crippen LogP contribution in [0, 0.1) is 13.8 Å². The van der Waals surface area contributed by atoms with Gasteiger partial charge in [0.15, 0.2) is 0 Å². The first-order valence-corrected chi connectivity index (χ1v) is 16.3. The van der Waals surface area contributed by atoms with Crippen molar-refractivity contribution in [2.24, 2.45) is 0 Å². The van der Waals surface area contributed by atoms with Crippen molar-refractivity contribution < 1.29 is 18.0 Å². The molecule has 3 aromatic carbocycles. The number of anilines is 1. The standard InChI is InChI=1S/C31H36Cl3N3O4S/c1-5-7-16-35-31(39)29(6-2)36(19-23-9-10-25(33)18-28(23)34)30(38)20-37(26-13-8-21(3)22(4)17-26)42(40,41)27-14-11-24(32)12-15-27/h8-15,17-18,29H,5-7,16,19-20H2,1-4H3,(H,35,39)/t29-/m1/s1. The van der Waals surface area contributed by atoms with Gasteiger partial charge in [-0.05, 0) is 91.9 Å². The average Bonchev–Trinajstić information content (AvgIpc) is 2.94. The van der Waals surface area contributed by atoms with Gasteiger partial charge in [-0.3, -0.25) is 13.9 Å². The maximum absolute atomic E-state index is 14.2. The molecule has 0 bridgehead atoms. The molecule has 0 aromatic heterocycles. The smallest absolute Gasteiger partial charge is 0.264 e. The molecule has 0 aliphatic rings. The van der Waals surface area contributed by atoms with E-state index in [0.29, 0.717) is 39.3 Å². The molecule has 0 aliphatic carbocycles. The van der Waals surface area contributed by atoms with Crippen LogP contribution in [0.3, 0.4) is 0 Å². The van der Waals surface area contributed by atoms with Gasteiger partial charge in [0.1, 0.15) is 12.6 Å². The minimum atomic E-state index is -4.20. The number of nitrogens with zero attached hydrogens (tertiary/aromatic N) is 2. The molecule has 0 heterocycles. The molecule has 0 fully saturated rings. The van der Waals surface area contributed by atoms with Crippen LogP contribution in [-0.2, 0) is 26.2 Å². The van der Waals surface area contributed by atoms with E-state index >= 15 is 0 Å². The van der Waals surface area contributed by atoms with Gasteiger partial charge in [0.05, 0.1) is 10.6 Å². The molecular weight excluding hydrogens is 617 g/mol. The number of carbonyl (C=O) groups excluding carboxylic acids is 2. The van der Waals surface area contributed by atoms with Crippen LogP contribution in [0.4, 0.5) is 5.69 Å². The summed E-state index contributed by atoms with van der Waals surface area (Å²) in [6.07, 6.45) is 2.00. The largest absolute Gasteiger partial charge is 0.354 e. The number of hydrogen-bond donors (Lipinski definition) is 1. The highest BCUT2D eigenvalue weighted by atomic mass is 35.5. The van der Waals surface area contributed by atoms with Crippen LogP contribution < -0.4 is 9.62 Å². The number of aryl methyl sites for hydroxylation is 2. The Kier molecular flexibility index (Phi) is 12.1. The predicted octanol–water partition coefficient (Wildman–Crippen LogP) is 7.18. The van der Waals surface area contributed by atoms with Crippen molar-refractivity contribution in [3.63, 3.8) is 0 Å². The summed E-state index contributed by atoms with van der Waals surface area (Å²) in [6.45, 7) is 7.52. The second-order valence-corrected chi connectivity index (χ2v) is 13.2. The molecule has 0 saturated carbocycles. The van der Waals surface area contributed by atoms with Crippen molar-refractivity contribution in [2.45, 2.75) is 64.4 Å². The maximum atomic E-state index is 14.2. The Morgan fingerprint density at radius 2 is 1.55 bits per heavy atom. The van der Waals surface area contributed by atoms with E-state index in [1.165, 1.54) is 29.2 Å². The molecule has 1 atom stereocenters. The quantitative estimate of drug-likeness (QED) is 0.198. The Morgan fingerprint density at radius 3 is 2.14 bits per heavy atom. The zero-order chi connectivity index (χ0) is 31.0. The fourth-order valence-electron chi connectivity index (χ4n) is 4.40. The monoisotopic (exact) mass is 651 g/mol. The third-order valence-electron chi connectivity index (χ3n) is 7.03. The van der Waals surface area contributed by atoms with Crippen molar-refractivity contribution in [3.05, 3.63) is 92.4 Å². The fourth-order valence-corrected chi connectivity index (χ4v) is 6.40. The third kappa shape index (κ3) is 8.40. The first-order valence-electron chi connectivity index (χ1n) is 13.8. The Bertz CT molecular complexity index is 1510. The summed E-state index contributed by atoms with van der Waals surface area (Å²) in [5.74, 6) is -0.878. The summed E-state index contributed by atoms with van der Waals surface area (Å²) in [4.78, 5) is 28.9. The van der Waals surface area contributed by atoms with E-state index in [4.69, 9.17) is 34.8 Å². The van der Waals surface area contributed by atoms with Gasteiger partial charge in [0.2, 0.25) is 11.8 Å². The second kappa shape index (κ2) is 15.1. The van der Waals surface area contributed by atoms with Crippen LogP contribution >= 0.6 is 34.8 Å². The first kappa shape index (κ1) is 33.7. The van der Waals surface area contributed by atoms with Crippen molar-refractivity contribution >= 4 is 62.3 Å². The Labute approximate surface area is 263 Å². The molecule has 1 N–H and O–H groups in total. The molecule has 3 aromatic rings. The van der Waals surface area contributed by atoms with Crippen LogP contribution in [0.25, 0.3) is 0 Å². The molecule has 0 unspecified atom stereocenters. The lowest BCUT2D eigenvalue weighted by Crippen LogP contribution is -2.52. The molecule has 226 valence electrons. The van der Waals surface area contributed by atoms with Crippen LogP contribution in [-0.4, -0.2) is 44.3 Å². The zero-order valence-electron chi connectivity index (χ0n) is 24.2. The molecule has 0 saturated heterocycles. The van der Waals surface area contributed by atoms with E-state index < -0.39 is 28.5 Å². The molecule has 11 heteroatoms. The average molecular weight is 653 g/mol. The van der Waals surface area contributed by atoms with Gasteiger partial charge in [-0.1, -0.05) is 67.2 Å². The number of amides is 2. The van der Waals surface area contributed by atoms with Crippen molar-refractivity contribution in [1.82, 2.24) is 10.2 Å². The summed E-state index contributed by atoms with van der Waals surface area (Å²) < 4.78 is 29.1. The summed E-state index contributed by atoms with van der Waals surface area (Å²) in [7, 11) is -4.20. The number of benzene rings is 3. The number of rotatable bonds is 13. The highest BCUT2D eigenvalue weighted by Gasteiger charge is 2.34. The summed E-state index contributed by atoms with van der Waals surface area (Å²) in [5.41, 5.74) is 2.74. The SMILES string of the molecule is CCCCNC(=O)[C@@H](CC)N(Cc1ccc(Cl)cc1Cl)C(=O)CN(c1ccc(C)c(C)c1)S(=O)(=O)c1ccc(Cl)cc1. The Balaban J connectivity index is 2.08. The van der Waals surface area contributed by atoms with Gasteiger partial charge in [0.25, 0.3) is 10.0 Å². The van der Waals surface area contributed by atoms with E-state index in [1.807, 2.05) is 20.8 Å². The Hall–Kier alpha value is -2.78. The number of carbonyl (C=O) groups is 2. The van der Waals surface area contributed by atoms with Gasteiger partial charge in [0, 0.05) is 28.2 Å². The van der Waals surface area contributed by atoms with Gasteiger partial charge in [-0.15, -0.1) is 0 Å². The van der Waals surface area contributed by atoms with Gasteiger partial charge >= 0.3 is 0 Å². The van der Waals surface area contributed by atoms with Gasteiger partial charge < -0.3 is 10.2 Å². The third-order valence-corrected chi connectivity index (χ3v) is 9.66. The molecule has 0 radical (unpaired) electrons. The predicted molar refractivity (Wildman–Crippen MR) is 171 cm³/mol. The van der Waals surface area contributed by atoms with Crippen LogP contribution in [0.15, 0.2) is 65.6 Å². The maximum Gasteiger partial charge on any atom is 0.264 e. The minimum absolute atomic E-state index is 0.0176. The molecular formula is C31H36Cl3N3O4S. The van der Waals surface area contributed by atoms with Crippen molar-refractivity contribution in [2.75, 3.05) is 17.4 Å². The minimum Gasteiger partial charge on any atom is -0.354 e. The molecule has 3 rings (SSSR count). The van der Waals surface area contributed by atoms with Crippen LogP contribution in [0.2, 0.25) is 15.1 Å². The van der Waals surface area contributed by atoms with E-state index in [1.54, 1.807) is 43.3 Å². The number of hydrogen-bond acceptors (Lipinski definition) is 4. The fraction of sp³-hybridized carbons (Fsp3) is 0.355. The van der Waals surface area contributed by atoms with Crippen molar-refractivity contribution in [3.8, 4) is 0 Å². The number of nitrogens with one attached hydrogen (secondary N) is 1. The molecule has 2 amide bonds. The molecule has 7 nitrogen and oxygen atoms in total. The summed E-state index contributed by atoms with van der Waals surface area (Å²) in [6, 6.07) is 15.0. The lowest BCUT2D eigenvalue weighted by molar-refractivity contribution is -0.140. The van der Waals surface area contributed by atoms with Crippen molar-refractivity contribution in [1.29, 1.82) is 0 Å².